The molecule has 0 spiro atoms. The van der Waals surface area contributed by atoms with Gasteiger partial charge in [-0.25, -0.2) is 0 Å². The Balaban J connectivity index is 2.50. The molecule has 2 aromatic carbocycles. The second-order valence-corrected chi connectivity index (χ2v) is 5.44. The highest BCUT2D eigenvalue weighted by Gasteiger charge is 2.15. The molecule has 0 bridgehead atoms. The highest BCUT2D eigenvalue weighted by atomic mass is 15.0. The van der Waals surface area contributed by atoms with Gasteiger partial charge in [-0.15, -0.1) is 0 Å². The van der Waals surface area contributed by atoms with Crippen LogP contribution in [0.1, 0.15) is 30.7 Å². The molecule has 0 unspecified atom stereocenters. The number of fused-ring (bicyclic) bond motifs is 1. The lowest BCUT2D eigenvalue weighted by molar-refractivity contribution is 1.10. The molecule has 0 N–H and O–H groups in total. The molecule has 0 aliphatic heterocycles. The summed E-state index contributed by atoms with van der Waals surface area (Å²) in [5, 5.41) is 1.30. The molecule has 0 saturated carbocycles. The van der Waals surface area contributed by atoms with Gasteiger partial charge in [0.2, 0.25) is 0 Å². The SMILES string of the molecule is C/C=C\c1c(/C=C/C)c2cccc(C)c2n1-c1ccccc1. The minimum atomic E-state index is 1.20. The highest BCUT2D eigenvalue weighted by molar-refractivity contribution is 5.97. The van der Waals surface area contributed by atoms with Crippen molar-refractivity contribution in [1.29, 1.82) is 0 Å². The molecule has 0 fully saturated rings. The fraction of sp³-hybridized carbons (Fsp3) is 0.143. The zero-order chi connectivity index (χ0) is 15.5. The largest absolute Gasteiger partial charge is 0.309 e. The number of nitrogens with zero attached hydrogens (tertiary/aromatic N) is 1. The van der Waals surface area contributed by atoms with E-state index in [0.717, 1.165) is 0 Å². The highest BCUT2D eigenvalue weighted by Crippen LogP contribution is 2.33. The summed E-state index contributed by atoms with van der Waals surface area (Å²) in [6.45, 7) is 6.32. The first-order valence-electron chi connectivity index (χ1n) is 7.72. The van der Waals surface area contributed by atoms with Crippen LogP contribution in [0.15, 0.2) is 60.7 Å². The van der Waals surface area contributed by atoms with Gasteiger partial charge in [-0.1, -0.05) is 54.6 Å². The molecular weight excluding hydrogens is 266 g/mol. The number of aromatic nitrogens is 1. The van der Waals surface area contributed by atoms with Crippen molar-refractivity contribution in [3.8, 4) is 5.69 Å². The van der Waals surface area contributed by atoms with Crippen molar-refractivity contribution in [2.24, 2.45) is 0 Å². The average molecular weight is 287 g/mol. The summed E-state index contributed by atoms with van der Waals surface area (Å²) in [6.07, 6.45) is 8.62. The first-order chi connectivity index (χ1) is 10.8. The van der Waals surface area contributed by atoms with Gasteiger partial charge < -0.3 is 4.57 Å². The van der Waals surface area contributed by atoms with Gasteiger partial charge in [-0.3, -0.25) is 0 Å². The van der Waals surface area contributed by atoms with Crippen LogP contribution < -0.4 is 0 Å². The van der Waals surface area contributed by atoms with Crippen LogP contribution in [-0.2, 0) is 0 Å². The maximum Gasteiger partial charge on any atom is 0.0570 e. The van der Waals surface area contributed by atoms with Gasteiger partial charge >= 0.3 is 0 Å². The summed E-state index contributed by atoms with van der Waals surface area (Å²) >= 11 is 0. The van der Waals surface area contributed by atoms with Gasteiger partial charge in [-0.2, -0.15) is 0 Å². The van der Waals surface area contributed by atoms with Crippen molar-refractivity contribution in [2.75, 3.05) is 0 Å². The Kier molecular flexibility index (Phi) is 3.97. The molecule has 0 aliphatic carbocycles. The molecule has 1 nitrogen and oxygen atoms in total. The van der Waals surface area contributed by atoms with Gasteiger partial charge in [0.15, 0.2) is 0 Å². The third kappa shape index (κ3) is 2.29. The van der Waals surface area contributed by atoms with Crippen LogP contribution in [0.4, 0.5) is 0 Å². The third-order valence-corrected chi connectivity index (χ3v) is 3.94. The van der Waals surface area contributed by atoms with Gasteiger partial charge in [-0.05, 0) is 44.5 Å². The maximum atomic E-state index is 2.36. The van der Waals surface area contributed by atoms with Crippen LogP contribution in [0.25, 0.3) is 28.7 Å². The lowest BCUT2D eigenvalue weighted by Gasteiger charge is -2.10. The normalized spacial score (nSPS) is 12.0. The quantitative estimate of drug-likeness (QED) is 0.556. The molecule has 0 atom stereocenters. The van der Waals surface area contributed by atoms with Crippen LogP contribution in [-0.4, -0.2) is 4.57 Å². The Morgan fingerprint density at radius 2 is 1.55 bits per heavy atom. The monoisotopic (exact) mass is 287 g/mol. The van der Waals surface area contributed by atoms with E-state index in [4.69, 9.17) is 0 Å². The number of hydrogen-bond acceptors (Lipinski definition) is 0. The van der Waals surface area contributed by atoms with E-state index >= 15 is 0 Å². The van der Waals surface area contributed by atoms with E-state index in [1.165, 1.54) is 33.4 Å². The summed E-state index contributed by atoms with van der Waals surface area (Å²) in [7, 11) is 0. The van der Waals surface area contributed by atoms with Gasteiger partial charge in [0.25, 0.3) is 0 Å². The van der Waals surface area contributed by atoms with Crippen molar-refractivity contribution in [3.63, 3.8) is 0 Å². The topological polar surface area (TPSA) is 4.93 Å². The van der Waals surface area contributed by atoms with Crippen LogP contribution in [0.5, 0.6) is 0 Å². The zero-order valence-electron chi connectivity index (χ0n) is 13.4. The Labute approximate surface area is 132 Å². The first kappa shape index (κ1) is 14.4. The molecular formula is C21H21N. The lowest BCUT2D eigenvalue weighted by atomic mass is 10.1. The van der Waals surface area contributed by atoms with Crippen molar-refractivity contribution >= 4 is 23.1 Å². The molecule has 1 aromatic heterocycles. The Morgan fingerprint density at radius 1 is 0.818 bits per heavy atom. The van der Waals surface area contributed by atoms with E-state index in [1.54, 1.807) is 0 Å². The standard InChI is InChI=1S/C21H21N/c1-4-10-18-19-15-9-12-16(3)21(19)22(20(18)11-5-2)17-13-7-6-8-14-17/h4-15H,1-3H3/b10-4+,11-5-. The molecule has 0 saturated heterocycles. The van der Waals surface area contributed by atoms with Crippen LogP contribution in [0.2, 0.25) is 0 Å². The van der Waals surface area contributed by atoms with Gasteiger partial charge in [0.1, 0.15) is 0 Å². The van der Waals surface area contributed by atoms with Crippen molar-refractivity contribution in [3.05, 3.63) is 77.5 Å². The van der Waals surface area contributed by atoms with Gasteiger partial charge in [0.05, 0.1) is 11.2 Å². The summed E-state index contributed by atoms with van der Waals surface area (Å²) in [5.74, 6) is 0. The van der Waals surface area contributed by atoms with E-state index in [-0.39, 0.29) is 0 Å². The van der Waals surface area contributed by atoms with Crippen LogP contribution >= 0.6 is 0 Å². The fourth-order valence-electron chi connectivity index (χ4n) is 3.06. The number of rotatable bonds is 3. The second kappa shape index (κ2) is 6.07. The molecule has 1 heteroatoms. The number of hydrogen-bond donors (Lipinski definition) is 0. The number of benzene rings is 2. The van der Waals surface area contributed by atoms with E-state index in [0.29, 0.717) is 0 Å². The molecule has 0 amide bonds. The number of aryl methyl sites for hydroxylation is 1. The third-order valence-electron chi connectivity index (χ3n) is 3.94. The summed E-state index contributed by atoms with van der Waals surface area (Å²) in [6, 6.07) is 17.1. The molecule has 0 radical (unpaired) electrons. The van der Waals surface area contributed by atoms with Crippen molar-refractivity contribution in [2.45, 2.75) is 20.8 Å². The molecule has 22 heavy (non-hydrogen) atoms. The summed E-state index contributed by atoms with van der Waals surface area (Å²) < 4.78 is 2.36. The Morgan fingerprint density at radius 3 is 2.23 bits per heavy atom. The predicted octanol–water partition coefficient (Wildman–Crippen LogP) is 6.01. The zero-order valence-corrected chi connectivity index (χ0v) is 13.4. The summed E-state index contributed by atoms with van der Waals surface area (Å²) in [4.78, 5) is 0. The fourth-order valence-corrected chi connectivity index (χ4v) is 3.06. The van der Waals surface area contributed by atoms with E-state index in [2.05, 4.69) is 98.2 Å². The Hall–Kier alpha value is -2.54. The average Bonchev–Trinajstić information content (AvgIpc) is 2.85. The lowest BCUT2D eigenvalue weighted by Crippen LogP contribution is -1.97. The van der Waals surface area contributed by atoms with Gasteiger partial charge in [0, 0.05) is 16.6 Å². The molecule has 3 aromatic rings. The molecule has 0 aliphatic rings. The minimum Gasteiger partial charge on any atom is -0.309 e. The van der Waals surface area contributed by atoms with Crippen LogP contribution in [0, 0.1) is 6.92 Å². The molecule has 1 heterocycles. The van der Waals surface area contributed by atoms with E-state index in [9.17, 15) is 0 Å². The van der Waals surface area contributed by atoms with Crippen molar-refractivity contribution < 1.29 is 0 Å². The second-order valence-electron chi connectivity index (χ2n) is 5.44. The first-order valence-corrected chi connectivity index (χ1v) is 7.72. The smallest absolute Gasteiger partial charge is 0.0570 e. The van der Waals surface area contributed by atoms with E-state index < -0.39 is 0 Å². The number of allylic oxidation sites excluding steroid dienone is 2. The molecule has 110 valence electrons. The number of para-hydroxylation sites is 2. The van der Waals surface area contributed by atoms with E-state index in [1.807, 2.05) is 0 Å². The van der Waals surface area contributed by atoms with Crippen LogP contribution in [0.3, 0.4) is 0 Å². The minimum absolute atomic E-state index is 1.20. The summed E-state index contributed by atoms with van der Waals surface area (Å²) in [5.41, 5.74) is 6.29. The molecule has 3 rings (SSSR count). The Bertz CT molecular complexity index is 848. The predicted molar refractivity (Wildman–Crippen MR) is 97.4 cm³/mol. The van der Waals surface area contributed by atoms with Crippen molar-refractivity contribution in [1.82, 2.24) is 4.57 Å². The maximum absolute atomic E-state index is 2.36.